The van der Waals surface area contributed by atoms with E-state index in [9.17, 15) is 0 Å². The number of rotatable bonds is 5. The first-order valence-electron chi connectivity index (χ1n) is 6.44. The smallest absolute Gasteiger partial charge is 0.0431 e. The van der Waals surface area contributed by atoms with Gasteiger partial charge in [-0.25, -0.2) is 0 Å². The van der Waals surface area contributed by atoms with Crippen LogP contribution in [0.4, 0.5) is 0 Å². The molecule has 0 aromatic carbocycles. The third kappa shape index (κ3) is 24.9. The Labute approximate surface area is 97.3 Å². The lowest BCUT2D eigenvalue weighted by atomic mass is 9.86. The molecule has 15 heavy (non-hydrogen) atoms. The molecular weight excluding hydrogens is 184 g/mol. The van der Waals surface area contributed by atoms with Crippen molar-refractivity contribution in [2.75, 3.05) is 6.61 Å². The Morgan fingerprint density at radius 2 is 1.53 bits per heavy atom. The zero-order chi connectivity index (χ0) is 12.3. The van der Waals surface area contributed by atoms with Crippen molar-refractivity contribution in [1.29, 1.82) is 0 Å². The molecule has 0 rings (SSSR count). The van der Waals surface area contributed by atoms with E-state index in [1.807, 2.05) is 0 Å². The highest BCUT2D eigenvalue weighted by Gasteiger charge is 2.11. The van der Waals surface area contributed by atoms with Crippen LogP contribution in [-0.4, -0.2) is 11.7 Å². The van der Waals surface area contributed by atoms with Gasteiger partial charge in [-0.05, 0) is 24.2 Å². The molecule has 0 saturated carbocycles. The summed E-state index contributed by atoms with van der Waals surface area (Å²) in [6.07, 6.45) is 6.01. The lowest BCUT2D eigenvalue weighted by Crippen LogP contribution is -2.08. The average Bonchev–Trinajstić information content (AvgIpc) is 2.01. The summed E-state index contributed by atoms with van der Waals surface area (Å²) >= 11 is 0. The SMILES string of the molecule is CC(C)CC(C)(C)C.CCCCCCO. The number of unbranched alkanes of at least 4 members (excludes halogenated alkanes) is 3. The van der Waals surface area contributed by atoms with E-state index in [4.69, 9.17) is 5.11 Å². The van der Waals surface area contributed by atoms with Crippen molar-refractivity contribution in [3.63, 3.8) is 0 Å². The van der Waals surface area contributed by atoms with Crippen molar-refractivity contribution in [2.45, 2.75) is 73.6 Å². The van der Waals surface area contributed by atoms with Gasteiger partial charge in [0.25, 0.3) is 0 Å². The Balaban J connectivity index is 0. The fraction of sp³-hybridized carbons (Fsp3) is 1.00. The molecule has 0 heterocycles. The summed E-state index contributed by atoms with van der Waals surface area (Å²) in [5.41, 5.74) is 0.522. The van der Waals surface area contributed by atoms with Crippen molar-refractivity contribution in [1.82, 2.24) is 0 Å². The third-order valence-corrected chi connectivity index (χ3v) is 2.03. The fourth-order valence-electron chi connectivity index (χ4n) is 1.76. The minimum absolute atomic E-state index is 0.361. The highest BCUT2D eigenvalue weighted by Crippen LogP contribution is 2.23. The average molecular weight is 216 g/mol. The van der Waals surface area contributed by atoms with Crippen LogP contribution in [0.5, 0.6) is 0 Å². The molecule has 0 aliphatic heterocycles. The van der Waals surface area contributed by atoms with Gasteiger partial charge in [-0.15, -0.1) is 0 Å². The summed E-state index contributed by atoms with van der Waals surface area (Å²) in [4.78, 5) is 0. The van der Waals surface area contributed by atoms with Gasteiger partial charge in [0.05, 0.1) is 0 Å². The minimum atomic E-state index is 0.361. The molecule has 1 heteroatoms. The first kappa shape index (κ1) is 17.4. The van der Waals surface area contributed by atoms with Gasteiger partial charge in [-0.1, -0.05) is 60.8 Å². The van der Waals surface area contributed by atoms with Crippen molar-refractivity contribution in [3.05, 3.63) is 0 Å². The number of aliphatic hydroxyl groups is 1. The van der Waals surface area contributed by atoms with E-state index >= 15 is 0 Å². The van der Waals surface area contributed by atoms with Crippen LogP contribution in [-0.2, 0) is 0 Å². The van der Waals surface area contributed by atoms with Crippen LogP contribution in [0.1, 0.15) is 73.6 Å². The molecule has 0 aliphatic carbocycles. The number of hydrogen-bond acceptors (Lipinski definition) is 1. The van der Waals surface area contributed by atoms with Crippen LogP contribution in [0.3, 0.4) is 0 Å². The molecule has 0 aliphatic rings. The van der Waals surface area contributed by atoms with Gasteiger partial charge in [0.2, 0.25) is 0 Å². The summed E-state index contributed by atoms with van der Waals surface area (Å²) in [5, 5.41) is 8.29. The van der Waals surface area contributed by atoms with E-state index in [0.29, 0.717) is 12.0 Å². The molecule has 0 radical (unpaired) electrons. The maximum Gasteiger partial charge on any atom is 0.0431 e. The van der Waals surface area contributed by atoms with Crippen LogP contribution >= 0.6 is 0 Å². The zero-order valence-corrected chi connectivity index (χ0v) is 11.8. The van der Waals surface area contributed by atoms with Crippen LogP contribution in [0.25, 0.3) is 0 Å². The molecule has 0 fully saturated rings. The van der Waals surface area contributed by atoms with Gasteiger partial charge < -0.3 is 5.11 Å². The van der Waals surface area contributed by atoms with E-state index in [2.05, 4.69) is 41.5 Å². The van der Waals surface area contributed by atoms with E-state index < -0.39 is 0 Å². The molecule has 0 atom stereocenters. The Hall–Kier alpha value is -0.0400. The molecule has 0 aromatic heterocycles. The second kappa shape index (κ2) is 10.5. The molecule has 0 spiro atoms. The number of aliphatic hydroxyl groups excluding tert-OH is 1. The Kier molecular flexibility index (Phi) is 12.1. The van der Waals surface area contributed by atoms with Crippen molar-refractivity contribution in [3.8, 4) is 0 Å². The summed E-state index contributed by atoms with van der Waals surface area (Å²) in [6, 6.07) is 0. The van der Waals surface area contributed by atoms with Gasteiger partial charge in [0.1, 0.15) is 0 Å². The molecule has 0 amide bonds. The Morgan fingerprint density at radius 3 is 1.73 bits per heavy atom. The highest BCUT2D eigenvalue weighted by molar-refractivity contribution is 4.62. The second-order valence-corrected chi connectivity index (χ2v) is 5.94. The molecule has 0 unspecified atom stereocenters. The quantitative estimate of drug-likeness (QED) is 0.664. The molecule has 94 valence electrons. The van der Waals surface area contributed by atoms with Crippen LogP contribution in [0.15, 0.2) is 0 Å². The molecule has 1 N–H and O–H groups in total. The predicted molar refractivity (Wildman–Crippen MR) is 70.1 cm³/mol. The molecule has 1 nitrogen and oxygen atoms in total. The monoisotopic (exact) mass is 216 g/mol. The second-order valence-electron chi connectivity index (χ2n) is 5.94. The van der Waals surface area contributed by atoms with Crippen molar-refractivity contribution < 1.29 is 5.11 Å². The van der Waals surface area contributed by atoms with Gasteiger partial charge in [0.15, 0.2) is 0 Å². The van der Waals surface area contributed by atoms with Gasteiger partial charge in [-0.2, -0.15) is 0 Å². The minimum Gasteiger partial charge on any atom is -0.396 e. The Bertz CT molecular complexity index is 107. The first-order valence-corrected chi connectivity index (χ1v) is 6.44. The largest absolute Gasteiger partial charge is 0.396 e. The lowest BCUT2D eigenvalue weighted by molar-refractivity contribution is 0.283. The van der Waals surface area contributed by atoms with E-state index in [0.717, 1.165) is 12.3 Å². The predicted octanol–water partition coefficient (Wildman–Crippen LogP) is 4.64. The molecule has 0 saturated heterocycles. The molecule has 0 bridgehead atoms. The summed E-state index contributed by atoms with van der Waals surface area (Å²) < 4.78 is 0. The van der Waals surface area contributed by atoms with E-state index in [-0.39, 0.29) is 0 Å². The topological polar surface area (TPSA) is 20.2 Å². The maximum atomic E-state index is 8.29. The summed E-state index contributed by atoms with van der Waals surface area (Å²) in [6.45, 7) is 13.9. The maximum absolute atomic E-state index is 8.29. The summed E-state index contributed by atoms with van der Waals surface area (Å²) in [5.74, 6) is 0.843. The standard InChI is InChI=1S/C8H18.C6H14O/c1-7(2)6-8(3,4)5;1-2-3-4-5-6-7/h7H,6H2,1-5H3;7H,2-6H2,1H3. The normalized spacial score (nSPS) is 11.2. The number of hydrogen-bond donors (Lipinski definition) is 1. The first-order chi connectivity index (χ1) is 6.83. The van der Waals surface area contributed by atoms with Gasteiger partial charge >= 0.3 is 0 Å². The summed E-state index contributed by atoms with van der Waals surface area (Å²) in [7, 11) is 0. The van der Waals surface area contributed by atoms with Crippen molar-refractivity contribution >= 4 is 0 Å². The Morgan fingerprint density at radius 1 is 1.00 bits per heavy atom. The van der Waals surface area contributed by atoms with Gasteiger partial charge in [0, 0.05) is 6.61 Å². The zero-order valence-electron chi connectivity index (χ0n) is 11.8. The van der Waals surface area contributed by atoms with Crippen LogP contribution in [0, 0.1) is 11.3 Å². The van der Waals surface area contributed by atoms with Crippen molar-refractivity contribution in [2.24, 2.45) is 11.3 Å². The van der Waals surface area contributed by atoms with Gasteiger partial charge in [-0.3, -0.25) is 0 Å². The van der Waals surface area contributed by atoms with E-state index in [1.165, 1.54) is 25.7 Å². The van der Waals surface area contributed by atoms with E-state index in [1.54, 1.807) is 0 Å². The highest BCUT2D eigenvalue weighted by atomic mass is 16.2. The third-order valence-electron chi connectivity index (χ3n) is 2.03. The van der Waals surface area contributed by atoms with Crippen LogP contribution < -0.4 is 0 Å². The molecular formula is C14H32O. The molecule has 0 aromatic rings. The lowest BCUT2D eigenvalue weighted by Gasteiger charge is -2.19. The fourth-order valence-corrected chi connectivity index (χ4v) is 1.76. The van der Waals surface area contributed by atoms with Crippen LogP contribution in [0.2, 0.25) is 0 Å².